The zero-order chi connectivity index (χ0) is 23.0. The molecule has 1 aromatic heterocycles. The molecule has 0 aliphatic rings. The van der Waals surface area contributed by atoms with Crippen LogP contribution in [-0.2, 0) is 20.7 Å². The van der Waals surface area contributed by atoms with Gasteiger partial charge in [-0.05, 0) is 48.4 Å². The molecule has 0 radical (unpaired) electrons. The number of rotatable bonds is 10. The smallest absolute Gasteiger partial charge is 0.341 e. The lowest BCUT2D eigenvalue weighted by atomic mass is 10.0. The largest absolute Gasteiger partial charge is 0.493 e. The summed E-state index contributed by atoms with van der Waals surface area (Å²) in [6.07, 6.45) is 0.695. The Morgan fingerprint density at radius 2 is 1.84 bits per heavy atom. The van der Waals surface area contributed by atoms with Crippen LogP contribution in [0.5, 0.6) is 11.5 Å². The topological polar surface area (TPSA) is 100 Å². The summed E-state index contributed by atoms with van der Waals surface area (Å²) in [7, 11) is 2.71. The van der Waals surface area contributed by atoms with Crippen molar-refractivity contribution in [2.45, 2.75) is 27.2 Å². The van der Waals surface area contributed by atoms with Gasteiger partial charge in [0.1, 0.15) is 5.00 Å². The monoisotopic (exact) mass is 449 g/mol. The van der Waals surface area contributed by atoms with E-state index in [2.05, 4.69) is 23.9 Å². The van der Waals surface area contributed by atoms with Crippen LogP contribution in [0.15, 0.2) is 23.6 Å². The number of esters is 2. The molecule has 0 spiro atoms. The molecule has 31 heavy (non-hydrogen) atoms. The number of amides is 1. The Kier molecular flexibility index (Phi) is 8.87. The third-order valence-electron chi connectivity index (χ3n) is 4.17. The van der Waals surface area contributed by atoms with Gasteiger partial charge in [-0.1, -0.05) is 13.8 Å². The first kappa shape index (κ1) is 24.2. The zero-order valence-electron chi connectivity index (χ0n) is 18.3. The number of carbonyl (C=O) groups is 3. The van der Waals surface area contributed by atoms with E-state index in [1.807, 2.05) is 5.38 Å². The zero-order valence-corrected chi connectivity index (χ0v) is 19.1. The molecule has 1 heterocycles. The van der Waals surface area contributed by atoms with Gasteiger partial charge in [0.15, 0.2) is 18.1 Å². The molecular weight excluding hydrogens is 422 g/mol. The Labute approximate surface area is 185 Å². The number of carbonyl (C=O) groups excluding carboxylic acids is 3. The van der Waals surface area contributed by atoms with Crippen molar-refractivity contribution < 1.29 is 33.3 Å². The average Bonchev–Trinajstić information content (AvgIpc) is 3.12. The van der Waals surface area contributed by atoms with Crippen molar-refractivity contribution in [2.24, 2.45) is 5.92 Å². The summed E-state index contributed by atoms with van der Waals surface area (Å²) < 4.78 is 20.6. The second kappa shape index (κ2) is 11.4. The maximum Gasteiger partial charge on any atom is 0.341 e. The first-order valence-corrected chi connectivity index (χ1v) is 10.6. The molecule has 0 saturated heterocycles. The highest BCUT2D eigenvalue weighted by Crippen LogP contribution is 2.31. The van der Waals surface area contributed by atoms with Gasteiger partial charge < -0.3 is 24.3 Å². The van der Waals surface area contributed by atoms with Gasteiger partial charge in [-0.15, -0.1) is 11.3 Å². The second-order valence-electron chi connectivity index (χ2n) is 6.98. The SMILES string of the molecule is CCOC(=O)c1c(CC(C)C)csc1NC(=O)COc1ccc(C(=O)OC)cc1OC. The fourth-order valence-corrected chi connectivity index (χ4v) is 3.82. The highest BCUT2D eigenvalue weighted by atomic mass is 32.1. The molecule has 0 atom stereocenters. The van der Waals surface area contributed by atoms with E-state index in [9.17, 15) is 14.4 Å². The summed E-state index contributed by atoms with van der Waals surface area (Å²) in [4.78, 5) is 36.6. The van der Waals surface area contributed by atoms with Crippen molar-refractivity contribution in [3.05, 3.63) is 40.3 Å². The average molecular weight is 450 g/mol. The summed E-state index contributed by atoms with van der Waals surface area (Å²) >= 11 is 1.27. The van der Waals surface area contributed by atoms with E-state index in [0.29, 0.717) is 40.0 Å². The number of hydrogen-bond donors (Lipinski definition) is 1. The van der Waals surface area contributed by atoms with Crippen LogP contribution in [0.3, 0.4) is 0 Å². The van der Waals surface area contributed by atoms with Crippen LogP contribution >= 0.6 is 11.3 Å². The molecular formula is C22H27NO7S. The van der Waals surface area contributed by atoms with Crippen LogP contribution in [0.1, 0.15) is 47.1 Å². The molecule has 8 nitrogen and oxygen atoms in total. The molecule has 0 unspecified atom stereocenters. The molecule has 9 heteroatoms. The number of anilines is 1. The predicted molar refractivity (Wildman–Crippen MR) is 117 cm³/mol. The Morgan fingerprint density at radius 1 is 1.10 bits per heavy atom. The van der Waals surface area contributed by atoms with Crippen LogP contribution in [0.2, 0.25) is 0 Å². The number of ether oxygens (including phenoxy) is 4. The normalized spacial score (nSPS) is 10.5. The maximum absolute atomic E-state index is 12.5. The van der Waals surface area contributed by atoms with Gasteiger partial charge in [-0.25, -0.2) is 9.59 Å². The van der Waals surface area contributed by atoms with Crippen molar-refractivity contribution in [3.8, 4) is 11.5 Å². The Hall–Kier alpha value is -3.07. The predicted octanol–water partition coefficient (Wildman–Crippen LogP) is 3.94. The summed E-state index contributed by atoms with van der Waals surface area (Å²) in [6, 6.07) is 4.50. The highest BCUT2D eigenvalue weighted by molar-refractivity contribution is 7.15. The lowest BCUT2D eigenvalue weighted by molar-refractivity contribution is -0.118. The van der Waals surface area contributed by atoms with E-state index in [0.717, 1.165) is 5.56 Å². The summed E-state index contributed by atoms with van der Waals surface area (Å²) in [5.74, 6) is -0.488. The van der Waals surface area contributed by atoms with Gasteiger partial charge in [0.25, 0.3) is 5.91 Å². The minimum absolute atomic E-state index is 0.244. The van der Waals surface area contributed by atoms with Gasteiger partial charge in [0.05, 0.1) is 32.0 Å². The second-order valence-corrected chi connectivity index (χ2v) is 7.86. The van der Waals surface area contributed by atoms with Crippen LogP contribution < -0.4 is 14.8 Å². The number of methoxy groups -OCH3 is 2. The molecule has 1 N–H and O–H groups in total. The summed E-state index contributed by atoms with van der Waals surface area (Å²) in [6.45, 7) is 5.77. The van der Waals surface area contributed by atoms with Gasteiger partial charge >= 0.3 is 11.9 Å². The quantitative estimate of drug-likeness (QED) is 0.549. The summed E-state index contributed by atoms with van der Waals surface area (Å²) in [5.41, 5.74) is 1.52. The molecule has 1 aromatic carbocycles. The molecule has 168 valence electrons. The van der Waals surface area contributed by atoms with Crippen LogP contribution in [0, 0.1) is 5.92 Å². The van der Waals surface area contributed by atoms with Crippen molar-refractivity contribution in [3.63, 3.8) is 0 Å². The van der Waals surface area contributed by atoms with Gasteiger partial charge in [-0.3, -0.25) is 4.79 Å². The minimum atomic E-state index is -0.510. The Morgan fingerprint density at radius 3 is 2.45 bits per heavy atom. The van der Waals surface area contributed by atoms with Gasteiger partial charge in [0.2, 0.25) is 0 Å². The Balaban J connectivity index is 2.12. The van der Waals surface area contributed by atoms with E-state index < -0.39 is 17.8 Å². The Bertz CT molecular complexity index is 936. The number of benzene rings is 1. The van der Waals surface area contributed by atoms with E-state index >= 15 is 0 Å². The first-order chi connectivity index (χ1) is 14.8. The van der Waals surface area contributed by atoms with Crippen molar-refractivity contribution in [1.82, 2.24) is 0 Å². The molecule has 1 amide bonds. The third-order valence-corrected chi connectivity index (χ3v) is 5.12. The molecule has 0 aliphatic heterocycles. The van der Waals surface area contributed by atoms with E-state index in [1.165, 1.54) is 43.8 Å². The fourth-order valence-electron chi connectivity index (χ4n) is 2.84. The van der Waals surface area contributed by atoms with E-state index in [4.69, 9.17) is 14.2 Å². The molecule has 2 aromatic rings. The van der Waals surface area contributed by atoms with Crippen molar-refractivity contribution in [2.75, 3.05) is 32.8 Å². The molecule has 0 bridgehead atoms. The number of thiophene rings is 1. The standard InChI is InChI=1S/C22H27NO7S/c1-6-29-22(26)19-15(9-13(2)3)12-31-20(19)23-18(24)11-30-16-8-7-14(21(25)28-5)10-17(16)27-4/h7-8,10,12-13H,6,9,11H2,1-5H3,(H,23,24). The van der Waals surface area contributed by atoms with Gasteiger partial charge in [-0.2, -0.15) is 0 Å². The van der Waals surface area contributed by atoms with Gasteiger partial charge in [0, 0.05) is 0 Å². The minimum Gasteiger partial charge on any atom is -0.493 e. The molecule has 0 saturated carbocycles. The fraction of sp³-hybridized carbons (Fsp3) is 0.409. The molecule has 0 fully saturated rings. The lowest BCUT2D eigenvalue weighted by Crippen LogP contribution is -2.21. The molecule has 0 aliphatic carbocycles. The van der Waals surface area contributed by atoms with Crippen molar-refractivity contribution in [1.29, 1.82) is 0 Å². The van der Waals surface area contributed by atoms with Crippen LogP contribution in [-0.4, -0.2) is 45.3 Å². The maximum atomic E-state index is 12.5. The van der Waals surface area contributed by atoms with E-state index in [1.54, 1.807) is 6.92 Å². The third kappa shape index (κ3) is 6.45. The van der Waals surface area contributed by atoms with Crippen LogP contribution in [0.25, 0.3) is 0 Å². The van der Waals surface area contributed by atoms with Crippen LogP contribution in [0.4, 0.5) is 5.00 Å². The number of nitrogens with one attached hydrogen (secondary N) is 1. The van der Waals surface area contributed by atoms with E-state index in [-0.39, 0.29) is 13.2 Å². The van der Waals surface area contributed by atoms with Crippen molar-refractivity contribution >= 4 is 34.2 Å². The summed E-state index contributed by atoms with van der Waals surface area (Å²) in [5, 5.41) is 5.01. The molecule has 2 rings (SSSR count). The lowest BCUT2D eigenvalue weighted by Gasteiger charge is -2.12. The first-order valence-electron chi connectivity index (χ1n) is 9.77. The number of hydrogen-bond acceptors (Lipinski definition) is 8. The highest BCUT2D eigenvalue weighted by Gasteiger charge is 2.22.